The Labute approximate surface area is 144 Å². The number of hydrogen-bond acceptors (Lipinski definition) is 5. The van der Waals surface area contributed by atoms with E-state index in [0.717, 1.165) is 12.8 Å². The van der Waals surface area contributed by atoms with E-state index in [1.165, 1.54) is 0 Å². The SMILES string of the molecule is Cc1cc(CNC(=O)Nc2ccc(NC(=O)[C@@H]3CCCO3)cc2)no1. The minimum absolute atomic E-state index is 0.140. The zero-order valence-corrected chi connectivity index (χ0v) is 13.9. The van der Waals surface area contributed by atoms with Crippen LogP contribution < -0.4 is 16.0 Å². The highest BCUT2D eigenvalue weighted by molar-refractivity contribution is 5.95. The average Bonchev–Trinajstić information content (AvgIpc) is 3.26. The second-order valence-electron chi connectivity index (χ2n) is 5.80. The fraction of sp³-hybridized carbons (Fsp3) is 0.353. The lowest BCUT2D eigenvalue weighted by Gasteiger charge is -2.11. The van der Waals surface area contributed by atoms with Crippen molar-refractivity contribution in [2.75, 3.05) is 17.2 Å². The van der Waals surface area contributed by atoms with Crippen molar-refractivity contribution in [3.05, 3.63) is 41.8 Å². The molecule has 3 amide bonds. The molecular formula is C17H20N4O4. The van der Waals surface area contributed by atoms with E-state index in [9.17, 15) is 9.59 Å². The molecule has 1 aromatic carbocycles. The predicted molar refractivity (Wildman–Crippen MR) is 91.1 cm³/mol. The molecule has 1 aliphatic rings. The Hall–Kier alpha value is -2.87. The Morgan fingerprint density at radius 1 is 1.20 bits per heavy atom. The van der Waals surface area contributed by atoms with E-state index in [4.69, 9.17) is 9.26 Å². The van der Waals surface area contributed by atoms with Crippen LogP contribution in [0.25, 0.3) is 0 Å². The third kappa shape index (κ3) is 4.80. The van der Waals surface area contributed by atoms with Crippen molar-refractivity contribution < 1.29 is 18.8 Å². The number of aromatic nitrogens is 1. The summed E-state index contributed by atoms with van der Waals surface area (Å²) in [5.74, 6) is 0.553. The number of nitrogens with zero attached hydrogens (tertiary/aromatic N) is 1. The number of carbonyl (C=O) groups excluding carboxylic acids is 2. The first-order chi connectivity index (χ1) is 12.1. The first-order valence-corrected chi connectivity index (χ1v) is 8.10. The molecule has 3 N–H and O–H groups in total. The van der Waals surface area contributed by atoms with Crippen molar-refractivity contribution in [2.24, 2.45) is 0 Å². The van der Waals surface area contributed by atoms with E-state index in [1.54, 1.807) is 37.3 Å². The van der Waals surface area contributed by atoms with Gasteiger partial charge in [-0.3, -0.25) is 4.79 Å². The van der Waals surface area contributed by atoms with Gasteiger partial charge >= 0.3 is 6.03 Å². The molecule has 3 rings (SSSR count). The van der Waals surface area contributed by atoms with Crippen LogP contribution in [-0.2, 0) is 16.1 Å². The summed E-state index contributed by atoms with van der Waals surface area (Å²) in [6, 6.07) is 8.28. The van der Waals surface area contributed by atoms with Gasteiger partial charge in [-0.05, 0) is 44.0 Å². The quantitative estimate of drug-likeness (QED) is 0.772. The van der Waals surface area contributed by atoms with Gasteiger partial charge in [0.2, 0.25) is 0 Å². The molecule has 8 nitrogen and oxygen atoms in total. The number of rotatable bonds is 5. The van der Waals surface area contributed by atoms with Gasteiger partial charge in [-0.15, -0.1) is 0 Å². The number of urea groups is 1. The Balaban J connectivity index is 1.46. The van der Waals surface area contributed by atoms with Crippen molar-refractivity contribution in [1.29, 1.82) is 0 Å². The molecular weight excluding hydrogens is 324 g/mol. The molecule has 1 aliphatic heterocycles. The van der Waals surface area contributed by atoms with Gasteiger partial charge in [0, 0.05) is 24.0 Å². The number of amides is 3. The number of ether oxygens (including phenoxy) is 1. The molecule has 0 radical (unpaired) electrons. The first kappa shape index (κ1) is 17.0. The second kappa shape index (κ2) is 7.80. The Kier molecular flexibility index (Phi) is 5.30. The van der Waals surface area contributed by atoms with Gasteiger partial charge in [-0.25, -0.2) is 4.79 Å². The summed E-state index contributed by atoms with van der Waals surface area (Å²) in [5.41, 5.74) is 1.92. The Morgan fingerprint density at radius 3 is 2.52 bits per heavy atom. The predicted octanol–water partition coefficient (Wildman–Crippen LogP) is 2.42. The van der Waals surface area contributed by atoms with Crippen molar-refractivity contribution >= 4 is 23.3 Å². The van der Waals surface area contributed by atoms with Crippen LogP contribution in [0.3, 0.4) is 0 Å². The maximum absolute atomic E-state index is 12.0. The molecule has 0 unspecified atom stereocenters. The van der Waals surface area contributed by atoms with Gasteiger partial charge in [0.1, 0.15) is 17.6 Å². The van der Waals surface area contributed by atoms with Crippen LogP contribution in [0.5, 0.6) is 0 Å². The summed E-state index contributed by atoms with van der Waals surface area (Å²) in [6.07, 6.45) is 1.28. The third-order valence-corrected chi connectivity index (χ3v) is 3.74. The number of nitrogens with one attached hydrogen (secondary N) is 3. The van der Waals surface area contributed by atoms with Gasteiger partial charge < -0.3 is 25.2 Å². The lowest BCUT2D eigenvalue weighted by Crippen LogP contribution is -2.28. The van der Waals surface area contributed by atoms with Crippen LogP contribution in [0.2, 0.25) is 0 Å². The van der Waals surface area contributed by atoms with Crippen molar-refractivity contribution in [3.63, 3.8) is 0 Å². The topological polar surface area (TPSA) is 105 Å². The van der Waals surface area contributed by atoms with Gasteiger partial charge in [-0.2, -0.15) is 0 Å². The molecule has 2 aromatic rings. The Bertz CT molecular complexity index is 735. The van der Waals surface area contributed by atoms with E-state index in [-0.39, 0.29) is 24.6 Å². The van der Waals surface area contributed by atoms with Gasteiger partial charge in [0.15, 0.2) is 0 Å². The monoisotopic (exact) mass is 344 g/mol. The first-order valence-electron chi connectivity index (χ1n) is 8.10. The normalized spacial score (nSPS) is 16.4. The minimum Gasteiger partial charge on any atom is -0.368 e. The fourth-order valence-electron chi connectivity index (χ4n) is 2.49. The molecule has 1 fully saturated rings. The zero-order chi connectivity index (χ0) is 17.6. The van der Waals surface area contributed by atoms with Crippen molar-refractivity contribution in [1.82, 2.24) is 10.5 Å². The summed E-state index contributed by atoms with van der Waals surface area (Å²) in [4.78, 5) is 23.8. The molecule has 0 bridgehead atoms. The van der Waals surface area contributed by atoms with Crippen LogP contribution in [0, 0.1) is 6.92 Å². The van der Waals surface area contributed by atoms with Gasteiger partial charge in [0.25, 0.3) is 5.91 Å². The highest BCUT2D eigenvalue weighted by Gasteiger charge is 2.23. The zero-order valence-electron chi connectivity index (χ0n) is 13.9. The number of carbonyl (C=O) groups is 2. The number of anilines is 2. The van der Waals surface area contributed by atoms with Crippen LogP contribution in [0.1, 0.15) is 24.3 Å². The van der Waals surface area contributed by atoms with Gasteiger partial charge in [0.05, 0.1) is 6.54 Å². The summed E-state index contributed by atoms with van der Waals surface area (Å²) < 4.78 is 10.3. The number of hydrogen-bond donors (Lipinski definition) is 3. The standard InChI is InChI=1S/C17H20N4O4/c1-11-9-14(21-25-11)10-18-17(23)20-13-6-4-12(5-7-13)19-16(22)15-3-2-8-24-15/h4-7,9,15H,2-3,8,10H2,1H3,(H,19,22)(H2,18,20,23)/t15-/m0/s1. The largest absolute Gasteiger partial charge is 0.368 e. The van der Waals surface area contributed by atoms with E-state index in [2.05, 4.69) is 21.1 Å². The molecule has 0 saturated carbocycles. The molecule has 0 spiro atoms. The van der Waals surface area contributed by atoms with Gasteiger partial charge in [-0.1, -0.05) is 5.16 Å². The molecule has 1 saturated heterocycles. The fourth-order valence-corrected chi connectivity index (χ4v) is 2.49. The lowest BCUT2D eigenvalue weighted by molar-refractivity contribution is -0.124. The number of benzene rings is 1. The maximum atomic E-state index is 12.0. The molecule has 8 heteroatoms. The third-order valence-electron chi connectivity index (χ3n) is 3.74. The van der Waals surface area contributed by atoms with Crippen molar-refractivity contribution in [2.45, 2.75) is 32.4 Å². The maximum Gasteiger partial charge on any atom is 0.319 e. The summed E-state index contributed by atoms with van der Waals surface area (Å²) >= 11 is 0. The molecule has 1 atom stereocenters. The summed E-state index contributed by atoms with van der Waals surface area (Å²) in [6.45, 7) is 2.69. The van der Waals surface area contributed by atoms with Crippen LogP contribution in [0.15, 0.2) is 34.9 Å². The van der Waals surface area contributed by atoms with E-state index in [0.29, 0.717) is 29.4 Å². The molecule has 132 valence electrons. The summed E-state index contributed by atoms with van der Waals surface area (Å²) in [5, 5.41) is 12.0. The molecule has 1 aromatic heterocycles. The number of aryl methyl sites for hydroxylation is 1. The molecule has 25 heavy (non-hydrogen) atoms. The lowest BCUT2D eigenvalue weighted by atomic mass is 10.2. The van der Waals surface area contributed by atoms with Crippen molar-refractivity contribution in [3.8, 4) is 0 Å². The van der Waals surface area contributed by atoms with Crippen LogP contribution >= 0.6 is 0 Å². The minimum atomic E-state index is -0.372. The Morgan fingerprint density at radius 2 is 1.92 bits per heavy atom. The van der Waals surface area contributed by atoms with Crippen LogP contribution in [-0.4, -0.2) is 29.8 Å². The molecule has 2 heterocycles. The van der Waals surface area contributed by atoms with E-state index >= 15 is 0 Å². The highest BCUT2D eigenvalue weighted by Crippen LogP contribution is 2.17. The highest BCUT2D eigenvalue weighted by atomic mass is 16.5. The van der Waals surface area contributed by atoms with E-state index < -0.39 is 0 Å². The molecule has 0 aliphatic carbocycles. The second-order valence-corrected chi connectivity index (χ2v) is 5.80. The smallest absolute Gasteiger partial charge is 0.319 e. The van der Waals surface area contributed by atoms with E-state index in [1.807, 2.05) is 0 Å². The average molecular weight is 344 g/mol. The van der Waals surface area contributed by atoms with Crippen LogP contribution in [0.4, 0.5) is 16.2 Å². The summed E-state index contributed by atoms with van der Waals surface area (Å²) in [7, 11) is 0.